The zero-order valence-electron chi connectivity index (χ0n) is 14.3. The third-order valence-corrected chi connectivity index (χ3v) is 3.34. The molecule has 0 spiro atoms. The molecule has 0 fully saturated rings. The second-order valence-corrected chi connectivity index (χ2v) is 5.33. The lowest BCUT2D eigenvalue weighted by molar-refractivity contribution is 0.313. The van der Waals surface area contributed by atoms with Crippen LogP contribution in [-0.2, 0) is 6.54 Å². The Labute approximate surface area is 143 Å². The maximum absolute atomic E-state index is 5.67. The molecule has 0 unspecified atom stereocenters. The molecule has 0 amide bonds. The Hall–Kier alpha value is -2.50. The van der Waals surface area contributed by atoms with Crippen molar-refractivity contribution in [2.24, 2.45) is 4.99 Å². The average molecular weight is 329 g/mol. The van der Waals surface area contributed by atoms with Crippen LogP contribution in [0.25, 0.3) is 0 Å². The highest BCUT2D eigenvalue weighted by atomic mass is 16.5. The van der Waals surface area contributed by atoms with Gasteiger partial charge < -0.3 is 15.4 Å². The quantitative estimate of drug-likeness (QED) is 0.399. The second kappa shape index (κ2) is 11.1. The van der Waals surface area contributed by atoms with E-state index in [-0.39, 0.29) is 0 Å². The summed E-state index contributed by atoms with van der Waals surface area (Å²) in [7, 11) is 0. The zero-order valence-corrected chi connectivity index (χ0v) is 14.3. The van der Waals surface area contributed by atoms with Crippen LogP contribution in [-0.4, -0.2) is 42.0 Å². The zero-order chi connectivity index (χ0) is 16.9. The number of nitrogens with zero attached hydrogens (tertiary/aromatic N) is 3. The number of aromatic nitrogens is 2. The van der Waals surface area contributed by atoms with Gasteiger partial charge in [0.1, 0.15) is 5.75 Å². The third-order valence-electron chi connectivity index (χ3n) is 3.34. The fourth-order valence-electron chi connectivity index (χ4n) is 2.18. The summed E-state index contributed by atoms with van der Waals surface area (Å²) >= 11 is 0. The molecule has 0 saturated carbocycles. The number of aryl methyl sites for hydroxylation is 1. The lowest BCUT2D eigenvalue weighted by Crippen LogP contribution is -2.38. The summed E-state index contributed by atoms with van der Waals surface area (Å²) < 4.78 is 7.61. The molecule has 2 aromatic rings. The van der Waals surface area contributed by atoms with Gasteiger partial charge in [-0.05, 0) is 31.5 Å². The van der Waals surface area contributed by atoms with E-state index in [2.05, 4.69) is 27.6 Å². The molecule has 6 nitrogen and oxygen atoms in total. The molecular formula is C18H27N5O. The lowest BCUT2D eigenvalue weighted by atomic mass is 10.3. The van der Waals surface area contributed by atoms with Crippen molar-refractivity contribution in [1.82, 2.24) is 20.4 Å². The van der Waals surface area contributed by atoms with Gasteiger partial charge in [-0.1, -0.05) is 18.2 Å². The van der Waals surface area contributed by atoms with Crippen LogP contribution in [0.4, 0.5) is 0 Å². The molecule has 0 radical (unpaired) electrons. The minimum Gasteiger partial charge on any atom is -0.494 e. The predicted octanol–water partition coefficient (Wildman–Crippen LogP) is 2.30. The van der Waals surface area contributed by atoms with E-state index < -0.39 is 0 Å². The highest BCUT2D eigenvalue weighted by molar-refractivity contribution is 5.79. The second-order valence-electron chi connectivity index (χ2n) is 5.33. The van der Waals surface area contributed by atoms with E-state index in [9.17, 15) is 0 Å². The topological polar surface area (TPSA) is 63.5 Å². The number of rotatable bonds is 10. The molecule has 0 atom stereocenters. The van der Waals surface area contributed by atoms with Crippen molar-refractivity contribution in [3.63, 3.8) is 0 Å². The van der Waals surface area contributed by atoms with Crippen molar-refractivity contribution < 1.29 is 4.74 Å². The highest BCUT2D eigenvalue weighted by Gasteiger charge is 1.97. The molecule has 0 saturated heterocycles. The van der Waals surface area contributed by atoms with Crippen molar-refractivity contribution in [3.05, 3.63) is 48.8 Å². The summed E-state index contributed by atoms with van der Waals surface area (Å²) in [6, 6.07) is 11.8. The van der Waals surface area contributed by atoms with Gasteiger partial charge in [-0.3, -0.25) is 9.67 Å². The number of para-hydroxylation sites is 1. The Morgan fingerprint density at radius 1 is 1.17 bits per heavy atom. The largest absolute Gasteiger partial charge is 0.494 e. The molecule has 130 valence electrons. The van der Waals surface area contributed by atoms with Gasteiger partial charge in [-0.15, -0.1) is 0 Å². The minimum absolute atomic E-state index is 0.673. The lowest BCUT2D eigenvalue weighted by Gasteiger charge is -2.11. The Morgan fingerprint density at radius 3 is 2.79 bits per heavy atom. The number of hydrogen-bond donors (Lipinski definition) is 2. The Morgan fingerprint density at radius 2 is 2.04 bits per heavy atom. The molecule has 1 aromatic heterocycles. The SMILES string of the molecule is CCNC(=NCCCOc1ccccc1)NCCCn1cccn1. The first-order valence-corrected chi connectivity index (χ1v) is 8.56. The van der Waals surface area contributed by atoms with Crippen LogP contribution in [0.2, 0.25) is 0 Å². The first-order chi connectivity index (χ1) is 11.9. The first-order valence-electron chi connectivity index (χ1n) is 8.56. The fourth-order valence-corrected chi connectivity index (χ4v) is 2.18. The van der Waals surface area contributed by atoms with Crippen LogP contribution in [0.15, 0.2) is 53.8 Å². The molecule has 1 aromatic carbocycles. The van der Waals surface area contributed by atoms with Gasteiger partial charge in [-0.2, -0.15) is 5.10 Å². The van der Waals surface area contributed by atoms with Crippen LogP contribution in [0.3, 0.4) is 0 Å². The van der Waals surface area contributed by atoms with Gasteiger partial charge in [-0.25, -0.2) is 0 Å². The summed E-state index contributed by atoms with van der Waals surface area (Å²) in [6.45, 7) is 6.11. The fraction of sp³-hybridized carbons (Fsp3) is 0.444. The van der Waals surface area contributed by atoms with E-state index >= 15 is 0 Å². The van der Waals surface area contributed by atoms with Gasteiger partial charge >= 0.3 is 0 Å². The summed E-state index contributed by atoms with van der Waals surface area (Å²) in [5.41, 5.74) is 0. The number of guanidine groups is 1. The van der Waals surface area contributed by atoms with Gasteiger partial charge in [0.2, 0.25) is 0 Å². The number of benzene rings is 1. The number of aliphatic imine (C=N–C) groups is 1. The highest BCUT2D eigenvalue weighted by Crippen LogP contribution is 2.08. The predicted molar refractivity (Wildman–Crippen MR) is 97.4 cm³/mol. The van der Waals surface area contributed by atoms with Crippen molar-refractivity contribution in [1.29, 1.82) is 0 Å². The maximum Gasteiger partial charge on any atom is 0.191 e. The standard InChI is InChI=1S/C18H27N5O/c1-2-19-18(20-11-6-14-23-15-7-13-22-23)21-12-8-16-24-17-9-4-3-5-10-17/h3-5,7,9-10,13,15H,2,6,8,11-12,14,16H2,1H3,(H2,19,20,21). The number of hydrogen-bond acceptors (Lipinski definition) is 3. The van der Waals surface area contributed by atoms with Crippen LogP contribution in [0, 0.1) is 0 Å². The monoisotopic (exact) mass is 329 g/mol. The third kappa shape index (κ3) is 7.17. The van der Waals surface area contributed by atoms with Gasteiger partial charge in [0.25, 0.3) is 0 Å². The van der Waals surface area contributed by atoms with Crippen molar-refractivity contribution in [3.8, 4) is 5.75 Å². The Kier molecular flexibility index (Phi) is 8.25. The normalized spacial score (nSPS) is 11.3. The summed E-state index contributed by atoms with van der Waals surface area (Å²) in [5.74, 6) is 1.77. The smallest absolute Gasteiger partial charge is 0.191 e. The summed E-state index contributed by atoms with van der Waals surface area (Å²) in [4.78, 5) is 4.57. The van der Waals surface area contributed by atoms with Gasteiger partial charge in [0.05, 0.1) is 6.61 Å². The molecule has 24 heavy (non-hydrogen) atoms. The molecule has 1 heterocycles. The van der Waals surface area contributed by atoms with E-state index in [0.717, 1.165) is 50.7 Å². The van der Waals surface area contributed by atoms with Gasteiger partial charge in [0.15, 0.2) is 5.96 Å². The van der Waals surface area contributed by atoms with Crippen LogP contribution < -0.4 is 15.4 Å². The first kappa shape index (κ1) is 17.8. The van der Waals surface area contributed by atoms with Crippen molar-refractivity contribution in [2.45, 2.75) is 26.3 Å². The molecule has 0 aliphatic carbocycles. The minimum atomic E-state index is 0.673. The molecule has 6 heteroatoms. The molecule has 0 aliphatic heterocycles. The van der Waals surface area contributed by atoms with Gasteiger partial charge in [0, 0.05) is 45.0 Å². The van der Waals surface area contributed by atoms with Crippen LogP contribution in [0.1, 0.15) is 19.8 Å². The molecule has 2 rings (SSSR count). The van der Waals surface area contributed by atoms with Crippen LogP contribution >= 0.6 is 0 Å². The molecule has 2 N–H and O–H groups in total. The molecule has 0 aliphatic rings. The summed E-state index contributed by atoms with van der Waals surface area (Å²) in [6.07, 6.45) is 5.67. The van der Waals surface area contributed by atoms with Crippen molar-refractivity contribution in [2.75, 3.05) is 26.2 Å². The van der Waals surface area contributed by atoms with Crippen LogP contribution in [0.5, 0.6) is 5.75 Å². The van der Waals surface area contributed by atoms with E-state index in [1.54, 1.807) is 6.20 Å². The van der Waals surface area contributed by atoms with Crippen molar-refractivity contribution >= 4 is 5.96 Å². The maximum atomic E-state index is 5.67. The Balaban J connectivity index is 1.60. The van der Waals surface area contributed by atoms with E-state index in [1.165, 1.54) is 0 Å². The average Bonchev–Trinajstić information content (AvgIpc) is 3.12. The number of ether oxygens (including phenoxy) is 1. The van der Waals surface area contributed by atoms with E-state index in [0.29, 0.717) is 6.61 Å². The van der Waals surface area contributed by atoms with E-state index in [1.807, 2.05) is 47.3 Å². The van der Waals surface area contributed by atoms with E-state index in [4.69, 9.17) is 4.74 Å². The summed E-state index contributed by atoms with van der Waals surface area (Å²) in [5, 5.41) is 10.8. The Bertz CT molecular complexity index is 568. The number of nitrogens with one attached hydrogen (secondary N) is 2. The molecular weight excluding hydrogens is 302 g/mol. The molecule has 0 bridgehead atoms.